The number of hydrogen-bond donors (Lipinski definition) is 1. The zero-order valence-electron chi connectivity index (χ0n) is 12.3. The Labute approximate surface area is 116 Å². The Morgan fingerprint density at radius 1 is 1.26 bits per heavy atom. The molecule has 2 aliphatic rings. The van der Waals surface area contributed by atoms with Crippen LogP contribution in [0.2, 0.25) is 0 Å². The van der Waals surface area contributed by atoms with Crippen molar-refractivity contribution in [2.24, 2.45) is 0 Å². The van der Waals surface area contributed by atoms with Gasteiger partial charge in [0.25, 0.3) is 0 Å². The van der Waals surface area contributed by atoms with Crippen molar-refractivity contribution in [3.63, 3.8) is 0 Å². The molecule has 0 aromatic heterocycles. The number of carbonyl (C=O) groups excluding carboxylic acids is 1. The van der Waals surface area contributed by atoms with E-state index in [1.807, 2.05) is 0 Å². The van der Waals surface area contributed by atoms with E-state index < -0.39 is 0 Å². The van der Waals surface area contributed by atoms with E-state index in [0.29, 0.717) is 30.7 Å². The second-order valence-corrected chi connectivity index (χ2v) is 6.02. The molecule has 5 heteroatoms. The first-order chi connectivity index (χ1) is 9.11. The lowest BCUT2D eigenvalue weighted by molar-refractivity contribution is -0.110. The Morgan fingerprint density at radius 3 is 2.58 bits per heavy atom. The molecule has 0 bridgehead atoms. The Morgan fingerprint density at radius 2 is 1.95 bits per heavy atom. The summed E-state index contributed by atoms with van der Waals surface area (Å²) in [6.45, 7) is 11.7. The van der Waals surface area contributed by atoms with E-state index in [0.717, 1.165) is 39.1 Å². The van der Waals surface area contributed by atoms with Crippen molar-refractivity contribution in [1.82, 2.24) is 15.1 Å². The summed E-state index contributed by atoms with van der Waals surface area (Å²) in [5.41, 5.74) is 0. The van der Waals surface area contributed by atoms with Gasteiger partial charge >= 0.3 is 0 Å². The van der Waals surface area contributed by atoms with Crippen LogP contribution in [0.15, 0.2) is 0 Å². The van der Waals surface area contributed by atoms with E-state index in [2.05, 4.69) is 35.9 Å². The van der Waals surface area contributed by atoms with Crippen molar-refractivity contribution in [2.45, 2.75) is 44.9 Å². The van der Waals surface area contributed by atoms with Crippen molar-refractivity contribution in [3.8, 4) is 0 Å². The van der Waals surface area contributed by atoms with E-state index in [1.54, 1.807) is 0 Å². The molecule has 110 valence electrons. The minimum atomic E-state index is 0.421. The largest absolute Gasteiger partial charge is 0.378 e. The second-order valence-electron chi connectivity index (χ2n) is 6.02. The molecule has 0 aliphatic carbocycles. The fraction of sp³-hybridized carbons (Fsp3) is 0.929. The van der Waals surface area contributed by atoms with Crippen molar-refractivity contribution in [1.29, 1.82) is 0 Å². The predicted octanol–water partition coefficient (Wildman–Crippen LogP) is -0.0432. The molecule has 5 nitrogen and oxygen atoms in total. The van der Waals surface area contributed by atoms with Crippen LogP contribution in [-0.2, 0) is 9.53 Å². The van der Waals surface area contributed by atoms with Crippen LogP contribution in [0.4, 0.5) is 0 Å². The zero-order chi connectivity index (χ0) is 13.8. The third kappa shape index (κ3) is 3.75. The summed E-state index contributed by atoms with van der Waals surface area (Å²) in [5, 5.41) is 3.52. The molecule has 2 heterocycles. The lowest BCUT2D eigenvalue weighted by Crippen LogP contribution is -2.62. The third-order valence-electron chi connectivity index (χ3n) is 4.31. The summed E-state index contributed by atoms with van der Waals surface area (Å²) in [7, 11) is 0. The normalized spacial score (nSPS) is 38.3. The first kappa shape index (κ1) is 14.9. The molecule has 0 saturated carbocycles. The molecule has 0 aromatic rings. The van der Waals surface area contributed by atoms with Crippen LogP contribution in [0.1, 0.15) is 20.8 Å². The Balaban J connectivity index is 1.96. The van der Waals surface area contributed by atoms with E-state index in [4.69, 9.17) is 4.74 Å². The molecule has 0 amide bonds. The summed E-state index contributed by atoms with van der Waals surface area (Å²) < 4.78 is 5.58. The number of nitrogens with one attached hydrogen (secondary N) is 1. The molecular formula is C14H27N3O2. The number of carbonyl (C=O) groups is 1. The van der Waals surface area contributed by atoms with Crippen molar-refractivity contribution >= 4 is 6.29 Å². The standard InChI is InChI=1S/C14H27N3O2/c1-11-7-16(4-5-18)14(6-15-11)8-17-12(2)9-19-10-13(17)3/h5,11-15H,4,6-10H2,1-3H3/t11-,12-,13-,14-/m1/s1. The van der Waals surface area contributed by atoms with Gasteiger partial charge in [-0.3, -0.25) is 9.80 Å². The molecule has 0 unspecified atom stereocenters. The fourth-order valence-corrected chi connectivity index (χ4v) is 3.17. The van der Waals surface area contributed by atoms with Crippen LogP contribution < -0.4 is 5.32 Å². The Kier molecular flexibility index (Phi) is 5.33. The monoisotopic (exact) mass is 269 g/mol. The van der Waals surface area contributed by atoms with Crippen molar-refractivity contribution < 1.29 is 9.53 Å². The molecule has 1 N–H and O–H groups in total. The third-order valence-corrected chi connectivity index (χ3v) is 4.31. The van der Waals surface area contributed by atoms with Crippen LogP contribution in [0.3, 0.4) is 0 Å². The highest BCUT2D eigenvalue weighted by molar-refractivity contribution is 5.52. The number of piperazine rings is 1. The van der Waals surface area contributed by atoms with E-state index >= 15 is 0 Å². The lowest BCUT2D eigenvalue weighted by atomic mass is 10.1. The number of nitrogens with zero attached hydrogens (tertiary/aromatic N) is 2. The van der Waals surface area contributed by atoms with Crippen LogP contribution in [0, 0.1) is 0 Å². The van der Waals surface area contributed by atoms with Gasteiger partial charge < -0.3 is 14.8 Å². The van der Waals surface area contributed by atoms with Gasteiger partial charge in [-0.05, 0) is 20.8 Å². The fourth-order valence-electron chi connectivity index (χ4n) is 3.17. The van der Waals surface area contributed by atoms with Gasteiger partial charge in [-0.2, -0.15) is 0 Å². The van der Waals surface area contributed by atoms with Gasteiger partial charge in [0.1, 0.15) is 6.29 Å². The van der Waals surface area contributed by atoms with Gasteiger partial charge in [0.15, 0.2) is 0 Å². The van der Waals surface area contributed by atoms with Crippen molar-refractivity contribution in [3.05, 3.63) is 0 Å². The molecule has 4 atom stereocenters. The minimum absolute atomic E-state index is 0.421. The van der Waals surface area contributed by atoms with Gasteiger partial charge in [0, 0.05) is 43.8 Å². The molecule has 2 aliphatic heterocycles. The molecule has 2 saturated heterocycles. The maximum Gasteiger partial charge on any atom is 0.133 e. The molecule has 2 rings (SSSR count). The quantitative estimate of drug-likeness (QED) is 0.726. The number of aldehydes is 1. The topological polar surface area (TPSA) is 44.8 Å². The Hall–Kier alpha value is -0.490. The van der Waals surface area contributed by atoms with Gasteiger partial charge in [0.2, 0.25) is 0 Å². The highest BCUT2D eigenvalue weighted by Crippen LogP contribution is 2.16. The maximum atomic E-state index is 10.9. The summed E-state index contributed by atoms with van der Waals surface area (Å²) in [6.07, 6.45) is 1.03. The average molecular weight is 269 g/mol. The molecule has 0 radical (unpaired) electrons. The number of rotatable bonds is 4. The summed E-state index contributed by atoms with van der Waals surface area (Å²) in [6, 6.07) is 1.81. The zero-order valence-corrected chi connectivity index (χ0v) is 12.3. The van der Waals surface area contributed by atoms with Crippen LogP contribution in [0.25, 0.3) is 0 Å². The SMILES string of the molecule is C[C@@H]1CN(CC=O)[C@@H](CN2[C@H](C)COC[C@H]2C)CN1. The minimum Gasteiger partial charge on any atom is -0.378 e. The first-order valence-corrected chi connectivity index (χ1v) is 7.36. The molecule has 0 aromatic carbocycles. The highest BCUT2D eigenvalue weighted by atomic mass is 16.5. The van der Waals surface area contributed by atoms with Gasteiger partial charge in [-0.25, -0.2) is 0 Å². The molecular weight excluding hydrogens is 242 g/mol. The van der Waals surface area contributed by atoms with Gasteiger partial charge in [-0.15, -0.1) is 0 Å². The number of hydrogen-bond acceptors (Lipinski definition) is 5. The molecule has 19 heavy (non-hydrogen) atoms. The Bertz CT molecular complexity index is 290. The summed E-state index contributed by atoms with van der Waals surface area (Å²) >= 11 is 0. The van der Waals surface area contributed by atoms with Crippen LogP contribution >= 0.6 is 0 Å². The summed E-state index contributed by atoms with van der Waals surface area (Å²) in [5.74, 6) is 0. The smallest absolute Gasteiger partial charge is 0.133 e. The highest BCUT2D eigenvalue weighted by Gasteiger charge is 2.32. The number of ether oxygens (including phenoxy) is 1. The van der Waals surface area contributed by atoms with Gasteiger partial charge in [-0.1, -0.05) is 0 Å². The maximum absolute atomic E-state index is 10.9. The molecule has 2 fully saturated rings. The van der Waals surface area contributed by atoms with Crippen molar-refractivity contribution in [2.75, 3.05) is 39.4 Å². The lowest BCUT2D eigenvalue weighted by Gasteiger charge is -2.45. The number of morpholine rings is 1. The predicted molar refractivity (Wildman–Crippen MR) is 75.3 cm³/mol. The van der Waals surface area contributed by atoms with Crippen LogP contribution in [0.5, 0.6) is 0 Å². The molecule has 0 spiro atoms. The van der Waals surface area contributed by atoms with E-state index in [1.165, 1.54) is 0 Å². The first-order valence-electron chi connectivity index (χ1n) is 7.36. The van der Waals surface area contributed by atoms with Gasteiger partial charge in [0.05, 0.1) is 19.8 Å². The van der Waals surface area contributed by atoms with E-state index in [-0.39, 0.29) is 0 Å². The average Bonchev–Trinajstić information content (AvgIpc) is 2.37. The summed E-state index contributed by atoms with van der Waals surface area (Å²) in [4.78, 5) is 15.7. The second kappa shape index (κ2) is 6.79. The van der Waals surface area contributed by atoms with E-state index in [9.17, 15) is 4.79 Å². The van der Waals surface area contributed by atoms with Crippen LogP contribution in [-0.4, -0.2) is 79.6 Å².